The number of hydrogen-bond donors (Lipinski definition) is 3. The first-order valence-electron chi connectivity index (χ1n) is 8.23. The standard InChI is InChI=1S/C20H19N3O3S/c1-23(26)19(24)11-13-4-6-14(7-5-13)20(25)22-17-12-15(8-9-16(17)21)18-3-2-10-27-18/h2-10,12,26H,11,21H2,1H3,(H,22,25). The molecule has 7 heteroatoms. The van der Waals surface area contributed by atoms with Gasteiger partial charge in [0, 0.05) is 17.5 Å². The molecule has 0 saturated carbocycles. The van der Waals surface area contributed by atoms with Gasteiger partial charge in [-0.3, -0.25) is 14.8 Å². The van der Waals surface area contributed by atoms with E-state index >= 15 is 0 Å². The molecule has 0 aliphatic heterocycles. The van der Waals surface area contributed by atoms with Gasteiger partial charge in [0.1, 0.15) is 0 Å². The van der Waals surface area contributed by atoms with Crippen LogP contribution in [0.3, 0.4) is 0 Å². The predicted molar refractivity (Wildman–Crippen MR) is 107 cm³/mol. The number of nitrogens with one attached hydrogen (secondary N) is 1. The summed E-state index contributed by atoms with van der Waals surface area (Å²) in [5.41, 5.74) is 9.17. The van der Waals surface area contributed by atoms with Crippen molar-refractivity contribution in [1.82, 2.24) is 5.06 Å². The second-order valence-electron chi connectivity index (χ2n) is 6.02. The molecule has 0 aliphatic carbocycles. The van der Waals surface area contributed by atoms with E-state index in [1.807, 2.05) is 29.6 Å². The van der Waals surface area contributed by atoms with E-state index in [4.69, 9.17) is 10.9 Å². The molecule has 2 aromatic carbocycles. The predicted octanol–water partition coefficient (Wildman–Crippen LogP) is 3.64. The lowest BCUT2D eigenvalue weighted by atomic mass is 10.1. The maximum atomic E-state index is 12.5. The van der Waals surface area contributed by atoms with Crippen molar-refractivity contribution in [1.29, 1.82) is 0 Å². The molecule has 27 heavy (non-hydrogen) atoms. The number of likely N-dealkylation sites (N-methyl/N-ethyl adjacent to an activating group) is 1. The maximum absolute atomic E-state index is 12.5. The highest BCUT2D eigenvalue weighted by Crippen LogP contribution is 2.30. The fourth-order valence-corrected chi connectivity index (χ4v) is 3.24. The Bertz CT molecular complexity index is 951. The summed E-state index contributed by atoms with van der Waals surface area (Å²) in [5.74, 6) is -0.715. The van der Waals surface area contributed by atoms with Gasteiger partial charge in [-0.15, -0.1) is 11.3 Å². The Balaban J connectivity index is 1.74. The van der Waals surface area contributed by atoms with Crippen LogP contribution in [0.25, 0.3) is 10.4 Å². The van der Waals surface area contributed by atoms with Gasteiger partial charge >= 0.3 is 0 Å². The quantitative estimate of drug-likeness (QED) is 0.357. The normalized spacial score (nSPS) is 10.4. The number of anilines is 2. The van der Waals surface area contributed by atoms with Gasteiger partial charge in [0.2, 0.25) is 5.91 Å². The molecule has 4 N–H and O–H groups in total. The van der Waals surface area contributed by atoms with Crippen LogP contribution in [0.4, 0.5) is 11.4 Å². The van der Waals surface area contributed by atoms with E-state index in [2.05, 4.69) is 5.32 Å². The minimum Gasteiger partial charge on any atom is -0.397 e. The molecule has 138 valence electrons. The third-order valence-corrected chi connectivity index (χ3v) is 4.96. The molecule has 1 aromatic heterocycles. The van der Waals surface area contributed by atoms with Crippen molar-refractivity contribution in [3.05, 3.63) is 71.1 Å². The van der Waals surface area contributed by atoms with Crippen LogP contribution in [0.2, 0.25) is 0 Å². The molecule has 0 aliphatic rings. The van der Waals surface area contributed by atoms with Crippen molar-refractivity contribution in [3.8, 4) is 10.4 Å². The molecule has 0 fully saturated rings. The van der Waals surface area contributed by atoms with Gasteiger partial charge in [-0.2, -0.15) is 0 Å². The monoisotopic (exact) mass is 381 g/mol. The zero-order valence-electron chi connectivity index (χ0n) is 14.7. The Morgan fingerprint density at radius 3 is 2.52 bits per heavy atom. The summed E-state index contributed by atoms with van der Waals surface area (Å²) >= 11 is 1.61. The fourth-order valence-electron chi connectivity index (χ4n) is 2.52. The number of hydroxylamine groups is 2. The number of nitrogens with two attached hydrogens (primary N) is 1. The second kappa shape index (κ2) is 8.03. The zero-order valence-corrected chi connectivity index (χ0v) is 15.5. The summed E-state index contributed by atoms with van der Waals surface area (Å²) < 4.78 is 0. The molecule has 0 radical (unpaired) electrons. The summed E-state index contributed by atoms with van der Waals surface area (Å²) in [5, 5.41) is 14.5. The smallest absolute Gasteiger partial charge is 0.255 e. The SMILES string of the molecule is CN(O)C(=O)Cc1ccc(C(=O)Nc2cc(-c3cccs3)ccc2N)cc1. The van der Waals surface area contributed by atoms with Crippen molar-refractivity contribution >= 4 is 34.5 Å². The van der Waals surface area contributed by atoms with Gasteiger partial charge in [-0.25, -0.2) is 5.06 Å². The number of thiophene rings is 1. The number of carbonyl (C=O) groups excluding carboxylic acids is 2. The number of rotatable bonds is 5. The summed E-state index contributed by atoms with van der Waals surface area (Å²) in [4.78, 5) is 25.1. The molecule has 0 bridgehead atoms. The molecule has 6 nitrogen and oxygen atoms in total. The molecule has 3 rings (SSSR count). The largest absolute Gasteiger partial charge is 0.397 e. The van der Waals surface area contributed by atoms with Crippen LogP contribution in [0, 0.1) is 0 Å². The van der Waals surface area contributed by atoms with Gasteiger partial charge in [-0.05, 0) is 46.8 Å². The van der Waals surface area contributed by atoms with Crippen LogP contribution in [-0.2, 0) is 11.2 Å². The molecule has 0 spiro atoms. The molecule has 0 saturated heterocycles. The lowest BCUT2D eigenvalue weighted by Gasteiger charge is -2.11. The molecular weight excluding hydrogens is 362 g/mol. The van der Waals surface area contributed by atoms with Crippen LogP contribution >= 0.6 is 11.3 Å². The average Bonchev–Trinajstić information content (AvgIpc) is 3.18. The van der Waals surface area contributed by atoms with Crippen molar-refractivity contribution in [2.45, 2.75) is 6.42 Å². The summed E-state index contributed by atoms with van der Waals surface area (Å²) in [7, 11) is 1.28. The molecule has 3 aromatic rings. The Morgan fingerprint density at radius 2 is 1.89 bits per heavy atom. The topological polar surface area (TPSA) is 95.7 Å². The van der Waals surface area contributed by atoms with E-state index in [9.17, 15) is 9.59 Å². The Labute approximate surface area is 160 Å². The number of nitrogens with zero attached hydrogens (tertiary/aromatic N) is 1. The van der Waals surface area contributed by atoms with Gasteiger partial charge in [0.05, 0.1) is 17.8 Å². The second-order valence-corrected chi connectivity index (χ2v) is 6.97. The Hall–Kier alpha value is -3.16. The van der Waals surface area contributed by atoms with E-state index < -0.39 is 5.91 Å². The summed E-state index contributed by atoms with van der Waals surface area (Å²) in [6, 6.07) is 16.1. The van der Waals surface area contributed by atoms with Crippen LogP contribution in [0.5, 0.6) is 0 Å². The molecule has 1 heterocycles. The van der Waals surface area contributed by atoms with Crippen molar-refractivity contribution < 1.29 is 14.8 Å². The third kappa shape index (κ3) is 4.52. The van der Waals surface area contributed by atoms with E-state index in [-0.39, 0.29) is 12.3 Å². The van der Waals surface area contributed by atoms with Gasteiger partial charge < -0.3 is 11.1 Å². The number of amides is 2. The lowest BCUT2D eigenvalue weighted by Crippen LogP contribution is -2.24. The number of nitrogen functional groups attached to an aromatic ring is 1. The fraction of sp³-hybridized carbons (Fsp3) is 0.100. The molecule has 0 unspecified atom stereocenters. The highest BCUT2D eigenvalue weighted by atomic mass is 32.1. The third-order valence-electron chi connectivity index (χ3n) is 4.04. The summed E-state index contributed by atoms with van der Waals surface area (Å²) in [6.45, 7) is 0. The van der Waals surface area contributed by atoms with Crippen molar-refractivity contribution in [3.63, 3.8) is 0 Å². The summed E-state index contributed by atoms with van der Waals surface area (Å²) in [6.07, 6.45) is 0.0602. The average molecular weight is 381 g/mol. The van der Waals surface area contributed by atoms with Crippen LogP contribution in [-0.4, -0.2) is 29.1 Å². The number of benzene rings is 2. The van der Waals surface area contributed by atoms with E-state index in [0.29, 0.717) is 27.6 Å². The Morgan fingerprint density at radius 1 is 1.15 bits per heavy atom. The number of hydrogen-bond acceptors (Lipinski definition) is 5. The molecular formula is C20H19N3O3S. The lowest BCUT2D eigenvalue weighted by molar-refractivity contribution is -0.158. The zero-order chi connectivity index (χ0) is 19.4. The first-order chi connectivity index (χ1) is 12.9. The first-order valence-corrected chi connectivity index (χ1v) is 9.11. The van der Waals surface area contributed by atoms with Gasteiger partial charge in [0.15, 0.2) is 0 Å². The minimum absolute atomic E-state index is 0.0602. The first kappa shape index (κ1) is 18.6. The molecule has 0 atom stereocenters. The van der Waals surface area contributed by atoms with Crippen LogP contribution < -0.4 is 11.1 Å². The van der Waals surface area contributed by atoms with Crippen LogP contribution in [0.1, 0.15) is 15.9 Å². The molecule has 2 amide bonds. The Kier molecular flexibility index (Phi) is 5.54. The van der Waals surface area contributed by atoms with Gasteiger partial charge in [-0.1, -0.05) is 24.3 Å². The minimum atomic E-state index is -0.426. The van der Waals surface area contributed by atoms with E-state index in [1.165, 1.54) is 7.05 Å². The highest BCUT2D eigenvalue weighted by Gasteiger charge is 2.11. The maximum Gasteiger partial charge on any atom is 0.255 e. The van der Waals surface area contributed by atoms with Crippen molar-refractivity contribution in [2.75, 3.05) is 18.1 Å². The van der Waals surface area contributed by atoms with E-state index in [1.54, 1.807) is 41.7 Å². The van der Waals surface area contributed by atoms with Crippen LogP contribution in [0.15, 0.2) is 60.0 Å². The van der Waals surface area contributed by atoms with E-state index in [0.717, 1.165) is 10.4 Å². The van der Waals surface area contributed by atoms with Crippen molar-refractivity contribution in [2.24, 2.45) is 0 Å². The number of carbonyl (C=O) groups is 2. The van der Waals surface area contributed by atoms with Gasteiger partial charge in [0.25, 0.3) is 5.91 Å². The highest BCUT2D eigenvalue weighted by molar-refractivity contribution is 7.13.